The van der Waals surface area contributed by atoms with E-state index in [1.54, 1.807) is 51.7 Å². The Hall–Kier alpha value is -2.37. The largest absolute Gasteiger partial charge is 0.444 e. The second kappa shape index (κ2) is 5.44. The molecule has 1 unspecified atom stereocenters. The summed E-state index contributed by atoms with van der Waals surface area (Å²) < 4.78 is 7.03. The SMILES string of the molecule is CN(C(=O)OC(C)(C)C)C(C)(C=O)c1cnn2ccccc12. The minimum Gasteiger partial charge on any atom is -0.444 e. The van der Waals surface area contributed by atoms with Crippen LogP contribution in [0.4, 0.5) is 4.79 Å². The zero-order valence-electron chi connectivity index (χ0n) is 13.5. The highest BCUT2D eigenvalue weighted by Crippen LogP contribution is 2.29. The van der Waals surface area contributed by atoms with Crippen LogP contribution in [0.15, 0.2) is 30.6 Å². The molecule has 1 atom stereocenters. The van der Waals surface area contributed by atoms with Gasteiger partial charge in [0, 0.05) is 18.8 Å². The zero-order chi connectivity index (χ0) is 16.5. The molecule has 2 aromatic heterocycles. The molecule has 6 heteroatoms. The Morgan fingerprint density at radius 1 is 1.32 bits per heavy atom. The number of fused-ring (bicyclic) bond motifs is 1. The molecule has 0 saturated carbocycles. The molecule has 0 saturated heterocycles. The number of pyridine rings is 1. The number of hydrogen-bond donors (Lipinski definition) is 0. The van der Waals surface area contributed by atoms with Gasteiger partial charge in [-0.05, 0) is 39.8 Å². The van der Waals surface area contributed by atoms with Gasteiger partial charge in [-0.3, -0.25) is 4.90 Å². The monoisotopic (exact) mass is 303 g/mol. The lowest BCUT2D eigenvalue weighted by Crippen LogP contribution is -2.48. The average molecular weight is 303 g/mol. The molecule has 0 aliphatic carbocycles. The Morgan fingerprint density at radius 3 is 2.59 bits per heavy atom. The fraction of sp³-hybridized carbons (Fsp3) is 0.438. The van der Waals surface area contributed by atoms with Crippen molar-refractivity contribution in [1.29, 1.82) is 0 Å². The van der Waals surface area contributed by atoms with Gasteiger partial charge in [0.1, 0.15) is 17.4 Å². The Kier molecular flexibility index (Phi) is 3.96. The van der Waals surface area contributed by atoms with Crippen LogP contribution in [0.5, 0.6) is 0 Å². The number of aldehydes is 1. The average Bonchev–Trinajstić information content (AvgIpc) is 2.88. The fourth-order valence-corrected chi connectivity index (χ4v) is 2.17. The lowest BCUT2D eigenvalue weighted by molar-refractivity contribution is -0.117. The second-order valence-corrected chi connectivity index (χ2v) is 6.39. The molecule has 0 N–H and O–H groups in total. The predicted octanol–water partition coefficient (Wildman–Crippen LogP) is 2.62. The molecular formula is C16H21N3O3. The minimum absolute atomic E-state index is 0.558. The summed E-state index contributed by atoms with van der Waals surface area (Å²) in [5.74, 6) is 0. The quantitative estimate of drug-likeness (QED) is 0.818. The molecule has 22 heavy (non-hydrogen) atoms. The number of nitrogens with zero attached hydrogens (tertiary/aromatic N) is 3. The number of carbonyl (C=O) groups is 2. The van der Waals surface area contributed by atoms with Gasteiger partial charge in [0.05, 0.1) is 11.7 Å². The van der Waals surface area contributed by atoms with Crippen molar-refractivity contribution >= 4 is 17.9 Å². The molecule has 0 aromatic carbocycles. The summed E-state index contributed by atoms with van der Waals surface area (Å²) in [5, 5.41) is 4.23. The first-order chi connectivity index (χ1) is 10.2. The van der Waals surface area contributed by atoms with E-state index in [0.29, 0.717) is 5.56 Å². The summed E-state index contributed by atoms with van der Waals surface area (Å²) in [6.45, 7) is 7.03. The van der Waals surface area contributed by atoms with Crippen LogP contribution in [0, 0.1) is 0 Å². The molecule has 0 fully saturated rings. The molecule has 0 radical (unpaired) electrons. The van der Waals surface area contributed by atoms with Crippen molar-refractivity contribution in [2.75, 3.05) is 7.05 Å². The van der Waals surface area contributed by atoms with Crippen LogP contribution >= 0.6 is 0 Å². The number of likely N-dealkylation sites (N-methyl/N-ethyl adjacent to an activating group) is 1. The van der Waals surface area contributed by atoms with Crippen molar-refractivity contribution in [2.24, 2.45) is 0 Å². The summed E-state index contributed by atoms with van der Waals surface area (Å²) in [6.07, 6.45) is 3.57. The zero-order valence-corrected chi connectivity index (χ0v) is 13.5. The standard InChI is InChI=1S/C16H21N3O3/c1-15(2,3)22-14(21)18(5)16(4,11-20)12-10-17-19-9-7-6-8-13(12)19/h6-11H,1-5H3. The summed E-state index contributed by atoms with van der Waals surface area (Å²) in [4.78, 5) is 25.4. The van der Waals surface area contributed by atoms with Gasteiger partial charge < -0.3 is 9.53 Å². The smallest absolute Gasteiger partial charge is 0.411 e. The normalized spacial score (nSPS) is 14.4. The van der Waals surface area contributed by atoms with Crippen molar-refractivity contribution in [3.63, 3.8) is 0 Å². The van der Waals surface area contributed by atoms with E-state index in [-0.39, 0.29) is 0 Å². The van der Waals surface area contributed by atoms with E-state index in [0.717, 1.165) is 11.8 Å². The highest BCUT2D eigenvalue weighted by atomic mass is 16.6. The Bertz CT molecular complexity index is 702. The molecule has 0 spiro atoms. The number of carbonyl (C=O) groups excluding carboxylic acids is 2. The maximum absolute atomic E-state index is 12.3. The van der Waals surface area contributed by atoms with Gasteiger partial charge in [-0.15, -0.1) is 0 Å². The van der Waals surface area contributed by atoms with E-state index in [1.807, 2.05) is 18.2 Å². The van der Waals surface area contributed by atoms with Gasteiger partial charge in [-0.25, -0.2) is 9.31 Å². The molecule has 0 bridgehead atoms. The third-order valence-electron chi connectivity index (χ3n) is 3.57. The number of hydrogen-bond acceptors (Lipinski definition) is 4. The van der Waals surface area contributed by atoms with Crippen LogP contribution in [-0.4, -0.2) is 39.5 Å². The van der Waals surface area contributed by atoms with Crippen molar-refractivity contribution in [3.05, 3.63) is 36.2 Å². The maximum Gasteiger partial charge on any atom is 0.411 e. The van der Waals surface area contributed by atoms with Crippen molar-refractivity contribution in [3.8, 4) is 0 Å². The lowest BCUT2D eigenvalue weighted by Gasteiger charge is -2.35. The fourth-order valence-electron chi connectivity index (χ4n) is 2.17. The highest BCUT2D eigenvalue weighted by Gasteiger charge is 2.38. The summed E-state index contributed by atoms with van der Waals surface area (Å²) >= 11 is 0. The Labute approximate surface area is 129 Å². The van der Waals surface area contributed by atoms with Gasteiger partial charge >= 0.3 is 6.09 Å². The van der Waals surface area contributed by atoms with E-state index in [9.17, 15) is 9.59 Å². The van der Waals surface area contributed by atoms with Crippen LogP contribution in [0.2, 0.25) is 0 Å². The number of rotatable bonds is 3. The summed E-state index contributed by atoms with van der Waals surface area (Å²) in [6, 6.07) is 5.56. The van der Waals surface area contributed by atoms with E-state index >= 15 is 0 Å². The predicted molar refractivity (Wildman–Crippen MR) is 82.6 cm³/mol. The summed E-state index contributed by atoms with van der Waals surface area (Å²) in [5.41, 5.74) is -0.370. The topological polar surface area (TPSA) is 63.9 Å². The van der Waals surface area contributed by atoms with Gasteiger partial charge in [-0.2, -0.15) is 5.10 Å². The van der Waals surface area contributed by atoms with Crippen LogP contribution in [0.1, 0.15) is 33.3 Å². The van der Waals surface area contributed by atoms with Crippen molar-refractivity contribution < 1.29 is 14.3 Å². The van der Waals surface area contributed by atoms with Crippen LogP contribution in [0.25, 0.3) is 5.52 Å². The van der Waals surface area contributed by atoms with Gasteiger partial charge in [0.15, 0.2) is 0 Å². The first-order valence-corrected chi connectivity index (χ1v) is 7.05. The van der Waals surface area contributed by atoms with E-state index < -0.39 is 17.2 Å². The van der Waals surface area contributed by atoms with Crippen molar-refractivity contribution in [2.45, 2.75) is 38.8 Å². The first kappa shape index (κ1) is 16.0. The molecule has 0 aliphatic rings. The van der Waals surface area contributed by atoms with E-state index in [4.69, 9.17) is 4.74 Å². The molecule has 1 amide bonds. The van der Waals surface area contributed by atoms with Gasteiger partial charge in [-0.1, -0.05) is 6.07 Å². The van der Waals surface area contributed by atoms with Crippen LogP contribution in [0.3, 0.4) is 0 Å². The molecule has 2 aromatic rings. The second-order valence-electron chi connectivity index (χ2n) is 6.39. The molecule has 6 nitrogen and oxygen atoms in total. The maximum atomic E-state index is 12.3. The lowest BCUT2D eigenvalue weighted by atomic mass is 9.93. The molecule has 0 aliphatic heterocycles. The first-order valence-electron chi connectivity index (χ1n) is 7.05. The molecule has 2 heterocycles. The van der Waals surface area contributed by atoms with Crippen LogP contribution in [-0.2, 0) is 15.1 Å². The summed E-state index contributed by atoms with van der Waals surface area (Å²) in [7, 11) is 1.55. The third-order valence-corrected chi connectivity index (χ3v) is 3.57. The highest BCUT2D eigenvalue weighted by molar-refractivity contribution is 5.80. The van der Waals surface area contributed by atoms with Gasteiger partial charge in [0.25, 0.3) is 0 Å². The van der Waals surface area contributed by atoms with Gasteiger partial charge in [0.2, 0.25) is 0 Å². The minimum atomic E-state index is -1.16. The van der Waals surface area contributed by atoms with E-state index in [1.165, 1.54) is 4.90 Å². The van der Waals surface area contributed by atoms with Crippen LogP contribution < -0.4 is 0 Å². The molecular weight excluding hydrogens is 282 g/mol. The number of aromatic nitrogens is 2. The number of ether oxygens (including phenoxy) is 1. The third kappa shape index (κ3) is 2.81. The van der Waals surface area contributed by atoms with Crippen molar-refractivity contribution in [1.82, 2.24) is 14.5 Å². The Morgan fingerprint density at radius 2 is 2.00 bits per heavy atom. The molecule has 2 rings (SSSR count). The Balaban J connectivity index is 2.44. The van der Waals surface area contributed by atoms with E-state index in [2.05, 4.69) is 5.10 Å². The number of amides is 1. The molecule has 118 valence electrons.